The second kappa shape index (κ2) is 6.53. The summed E-state index contributed by atoms with van der Waals surface area (Å²) in [7, 11) is 1.45. The van der Waals surface area contributed by atoms with Crippen molar-refractivity contribution in [2.75, 3.05) is 7.05 Å². The minimum absolute atomic E-state index is 0.392. The molecular weight excluding hydrogens is 298 g/mol. The number of carbonyl (C=O) groups is 2. The second-order valence-electron chi connectivity index (χ2n) is 3.77. The summed E-state index contributed by atoms with van der Waals surface area (Å²) in [5, 5.41) is 13.3. The van der Waals surface area contributed by atoms with E-state index in [1.165, 1.54) is 18.8 Å². The van der Waals surface area contributed by atoms with E-state index in [-0.39, 0.29) is 0 Å². The zero-order valence-electron chi connectivity index (χ0n) is 10.8. The number of thiophene rings is 1. The first kappa shape index (κ1) is 14.5. The van der Waals surface area contributed by atoms with Crippen LogP contribution in [0.5, 0.6) is 0 Å². The van der Waals surface area contributed by atoms with Gasteiger partial charge in [0.15, 0.2) is 5.82 Å². The van der Waals surface area contributed by atoms with Gasteiger partial charge < -0.3 is 5.32 Å². The Hall–Kier alpha value is -1.87. The van der Waals surface area contributed by atoms with E-state index in [0.29, 0.717) is 11.0 Å². The number of rotatable bonds is 4. The number of hydrogen-bond acceptors (Lipinski definition) is 6. The van der Waals surface area contributed by atoms with E-state index in [4.69, 9.17) is 0 Å². The molecule has 9 heteroatoms. The van der Waals surface area contributed by atoms with Gasteiger partial charge in [-0.15, -0.1) is 16.4 Å². The maximum absolute atomic E-state index is 11.7. The number of urea groups is 1. The van der Waals surface area contributed by atoms with Gasteiger partial charge in [-0.05, 0) is 18.4 Å². The average Bonchev–Trinajstić information content (AvgIpc) is 3.08. The Balaban J connectivity index is 1.96. The molecule has 3 amide bonds. The van der Waals surface area contributed by atoms with Gasteiger partial charge in [0.25, 0.3) is 0 Å². The van der Waals surface area contributed by atoms with E-state index in [1.807, 2.05) is 17.5 Å². The van der Waals surface area contributed by atoms with Crippen molar-refractivity contribution in [3.8, 4) is 10.7 Å². The van der Waals surface area contributed by atoms with Crippen molar-refractivity contribution in [2.24, 2.45) is 0 Å². The summed E-state index contributed by atoms with van der Waals surface area (Å²) in [6, 6.07) is 3.33. The highest BCUT2D eigenvalue weighted by Crippen LogP contribution is 2.25. The maximum atomic E-state index is 11.7. The molecule has 0 fully saturated rings. The molecule has 0 aliphatic carbocycles. The Kier molecular flexibility index (Phi) is 4.74. The number of thioether (sulfide) groups is 1. The maximum Gasteiger partial charge on any atom is 0.321 e. The van der Waals surface area contributed by atoms with E-state index in [0.717, 1.165) is 4.88 Å². The molecule has 0 aliphatic rings. The molecule has 0 saturated heterocycles. The van der Waals surface area contributed by atoms with Crippen molar-refractivity contribution < 1.29 is 9.59 Å². The molecule has 1 atom stereocenters. The van der Waals surface area contributed by atoms with Crippen LogP contribution < -0.4 is 10.6 Å². The average molecular weight is 311 g/mol. The van der Waals surface area contributed by atoms with Crippen LogP contribution in [0.3, 0.4) is 0 Å². The zero-order valence-corrected chi connectivity index (χ0v) is 12.5. The zero-order chi connectivity index (χ0) is 14.5. The highest BCUT2D eigenvalue weighted by atomic mass is 32.2. The molecule has 20 heavy (non-hydrogen) atoms. The predicted molar refractivity (Wildman–Crippen MR) is 77.6 cm³/mol. The van der Waals surface area contributed by atoms with Gasteiger partial charge in [-0.1, -0.05) is 17.8 Å². The third-order valence-corrected chi connectivity index (χ3v) is 4.17. The highest BCUT2D eigenvalue weighted by molar-refractivity contribution is 8.00. The third-order valence-electron chi connectivity index (χ3n) is 2.33. The SMILES string of the molecule is CNC(=O)NC(=O)[C@H](C)Sc1n[nH]c(-c2cccs2)n1. The van der Waals surface area contributed by atoms with Gasteiger partial charge in [0.2, 0.25) is 11.1 Å². The van der Waals surface area contributed by atoms with Crippen LogP contribution in [0, 0.1) is 0 Å². The molecule has 0 aliphatic heterocycles. The summed E-state index contributed by atoms with van der Waals surface area (Å²) in [4.78, 5) is 28.0. The molecular formula is C11H13N5O2S2. The van der Waals surface area contributed by atoms with Gasteiger partial charge in [0.05, 0.1) is 10.1 Å². The molecule has 2 heterocycles. The number of carbonyl (C=O) groups excluding carboxylic acids is 2. The quantitative estimate of drug-likeness (QED) is 0.743. The van der Waals surface area contributed by atoms with Gasteiger partial charge in [-0.25, -0.2) is 9.78 Å². The standard InChI is InChI=1S/C11H13N5O2S2/c1-6(9(17)14-10(18)12-2)20-11-13-8(15-16-11)7-4-3-5-19-7/h3-6H,1-2H3,(H,13,15,16)(H2,12,14,17,18)/t6-/m0/s1. The fraction of sp³-hybridized carbons (Fsp3) is 0.273. The minimum Gasteiger partial charge on any atom is -0.341 e. The van der Waals surface area contributed by atoms with Gasteiger partial charge in [0.1, 0.15) is 0 Å². The molecule has 3 N–H and O–H groups in total. The number of nitrogens with zero attached hydrogens (tertiary/aromatic N) is 2. The number of nitrogens with one attached hydrogen (secondary N) is 3. The predicted octanol–water partition coefficient (Wildman–Crippen LogP) is 1.47. The van der Waals surface area contributed by atoms with Crippen molar-refractivity contribution in [2.45, 2.75) is 17.3 Å². The number of aromatic amines is 1. The first-order chi connectivity index (χ1) is 9.60. The number of amides is 3. The van der Waals surface area contributed by atoms with Crippen molar-refractivity contribution in [3.05, 3.63) is 17.5 Å². The topological polar surface area (TPSA) is 99.8 Å². The van der Waals surface area contributed by atoms with E-state index < -0.39 is 17.2 Å². The molecule has 0 spiro atoms. The van der Waals surface area contributed by atoms with Crippen LogP contribution in [0.4, 0.5) is 4.79 Å². The molecule has 0 saturated carbocycles. The van der Waals surface area contributed by atoms with Crippen molar-refractivity contribution in [3.63, 3.8) is 0 Å². The van der Waals surface area contributed by atoms with E-state index in [9.17, 15) is 9.59 Å². The molecule has 106 valence electrons. The van der Waals surface area contributed by atoms with Gasteiger partial charge >= 0.3 is 6.03 Å². The number of H-pyrrole nitrogens is 1. The van der Waals surface area contributed by atoms with Crippen LogP contribution >= 0.6 is 23.1 Å². The second-order valence-corrected chi connectivity index (χ2v) is 6.03. The molecule has 2 aromatic rings. The molecule has 0 bridgehead atoms. The van der Waals surface area contributed by atoms with Crippen LogP contribution in [0.1, 0.15) is 6.92 Å². The summed E-state index contributed by atoms with van der Waals surface area (Å²) >= 11 is 2.73. The van der Waals surface area contributed by atoms with Gasteiger partial charge in [-0.2, -0.15) is 0 Å². The van der Waals surface area contributed by atoms with Gasteiger partial charge in [-0.3, -0.25) is 15.2 Å². The summed E-state index contributed by atoms with van der Waals surface area (Å²) < 4.78 is 0. The van der Waals surface area contributed by atoms with E-state index in [1.54, 1.807) is 18.3 Å². The summed E-state index contributed by atoms with van der Waals surface area (Å²) in [6.07, 6.45) is 0. The molecule has 0 radical (unpaired) electrons. The first-order valence-electron chi connectivity index (χ1n) is 5.75. The fourth-order valence-corrected chi connectivity index (χ4v) is 2.70. The molecule has 2 rings (SSSR count). The van der Waals surface area contributed by atoms with Crippen LogP contribution in [0.2, 0.25) is 0 Å². The Bertz CT molecular complexity index is 596. The van der Waals surface area contributed by atoms with Crippen LogP contribution in [-0.4, -0.2) is 39.4 Å². The van der Waals surface area contributed by atoms with Crippen molar-refractivity contribution >= 4 is 35.0 Å². The molecule has 0 unspecified atom stereocenters. The number of hydrogen-bond donors (Lipinski definition) is 3. The van der Waals surface area contributed by atoms with E-state index in [2.05, 4.69) is 25.8 Å². The molecule has 7 nitrogen and oxygen atoms in total. The van der Waals surface area contributed by atoms with Crippen LogP contribution in [0.15, 0.2) is 22.7 Å². The first-order valence-corrected chi connectivity index (χ1v) is 7.51. The highest BCUT2D eigenvalue weighted by Gasteiger charge is 2.19. The lowest BCUT2D eigenvalue weighted by Gasteiger charge is -2.08. The Morgan fingerprint density at radius 1 is 1.50 bits per heavy atom. The number of aromatic nitrogens is 3. The van der Waals surface area contributed by atoms with Crippen molar-refractivity contribution in [1.29, 1.82) is 0 Å². The minimum atomic E-state index is -0.531. The third kappa shape index (κ3) is 3.58. The number of imide groups is 1. The largest absolute Gasteiger partial charge is 0.341 e. The Labute approximate surface area is 123 Å². The summed E-state index contributed by atoms with van der Waals surface area (Å²) in [5.74, 6) is 0.276. The Morgan fingerprint density at radius 3 is 2.95 bits per heavy atom. The fourth-order valence-electron chi connectivity index (χ4n) is 1.31. The lowest BCUT2D eigenvalue weighted by atomic mass is 10.4. The monoisotopic (exact) mass is 311 g/mol. The summed E-state index contributed by atoms with van der Waals surface area (Å²) in [5.41, 5.74) is 0. The van der Waals surface area contributed by atoms with Crippen LogP contribution in [0.25, 0.3) is 10.7 Å². The van der Waals surface area contributed by atoms with Crippen LogP contribution in [-0.2, 0) is 4.79 Å². The molecule has 2 aromatic heterocycles. The van der Waals surface area contributed by atoms with Crippen molar-refractivity contribution in [1.82, 2.24) is 25.8 Å². The summed E-state index contributed by atoms with van der Waals surface area (Å²) in [6.45, 7) is 1.68. The normalized spacial score (nSPS) is 11.9. The van der Waals surface area contributed by atoms with Gasteiger partial charge in [0, 0.05) is 7.05 Å². The smallest absolute Gasteiger partial charge is 0.321 e. The van der Waals surface area contributed by atoms with E-state index >= 15 is 0 Å². The Morgan fingerprint density at radius 2 is 2.30 bits per heavy atom. The molecule has 0 aromatic carbocycles. The lowest BCUT2D eigenvalue weighted by Crippen LogP contribution is -2.41. The lowest BCUT2D eigenvalue weighted by molar-refractivity contribution is -0.119.